The lowest BCUT2D eigenvalue weighted by Gasteiger charge is -2.34. The van der Waals surface area contributed by atoms with Crippen LogP contribution in [0, 0.1) is 20.8 Å². The second-order valence-electron chi connectivity index (χ2n) is 7.29. The van der Waals surface area contributed by atoms with Gasteiger partial charge < -0.3 is 10.1 Å². The first kappa shape index (κ1) is 20.0. The number of ether oxygens (including phenoxy) is 1. The molecule has 1 aliphatic heterocycles. The van der Waals surface area contributed by atoms with Crippen molar-refractivity contribution in [3.05, 3.63) is 38.8 Å². The third-order valence-electron chi connectivity index (χ3n) is 5.44. The summed E-state index contributed by atoms with van der Waals surface area (Å²) >= 11 is 1.81. The lowest BCUT2D eigenvalue weighted by atomic mass is 9.98. The van der Waals surface area contributed by atoms with Crippen molar-refractivity contribution in [3.8, 4) is 0 Å². The third kappa shape index (κ3) is 4.42. The number of rotatable bonds is 6. The number of carbonyl (C=O) groups excluding carboxylic acids is 1. The first-order valence-corrected chi connectivity index (χ1v) is 10.4. The largest absolute Gasteiger partial charge is 0.379 e. The number of amides is 1. The van der Waals surface area contributed by atoms with E-state index in [1.54, 1.807) is 0 Å². The van der Waals surface area contributed by atoms with Crippen LogP contribution in [0.5, 0.6) is 0 Å². The summed E-state index contributed by atoms with van der Waals surface area (Å²) in [4.78, 5) is 17.9. The second-order valence-corrected chi connectivity index (χ2v) is 8.61. The van der Waals surface area contributed by atoms with Crippen molar-refractivity contribution < 1.29 is 9.53 Å². The molecule has 0 spiro atoms. The Bertz CT molecular complexity index is 792. The summed E-state index contributed by atoms with van der Waals surface area (Å²) < 4.78 is 7.35. The van der Waals surface area contributed by atoms with E-state index < -0.39 is 0 Å². The standard InChI is InChI=1S/C20H30N4O2S/c1-13-6-7-18(27-13)17(24-8-10-26-11-9-24)12-21-20(25)14(2)19-15(3)22-23(5)16(19)4/h6-7,14,17H,8-12H2,1-5H3,(H,21,25). The maximum absolute atomic E-state index is 12.9. The zero-order chi connectivity index (χ0) is 19.6. The van der Waals surface area contributed by atoms with Gasteiger partial charge in [0.05, 0.1) is 30.9 Å². The highest BCUT2D eigenvalue weighted by Gasteiger charge is 2.27. The zero-order valence-corrected chi connectivity index (χ0v) is 17.7. The summed E-state index contributed by atoms with van der Waals surface area (Å²) in [5, 5.41) is 7.65. The molecular weight excluding hydrogens is 360 g/mol. The predicted molar refractivity (Wildman–Crippen MR) is 108 cm³/mol. The number of nitrogens with one attached hydrogen (secondary N) is 1. The number of nitrogens with zero attached hydrogens (tertiary/aromatic N) is 3. The van der Waals surface area contributed by atoms with Gasteiger partial charge in [0, 0.05) is 47.7 Å². The fourth-order valence-corrected chi connectivity index (χ4v) is 4.84. The van der Waals surface area contributed by atoms with Crippen LogP contribution in [0.1, 0.15) is 45.6 Å². The number of carbonyl (C=O) groups is 1. The van der Waals surface area contributed by atoms with Crippen molar-refractivity contribution in [1.29, 1.82) is 0 Å². The van der Waals surface area contributed by atoms with E-state index in [1.807, 2.05) is 43.8 Å². The molecule has 2 unspecified atom stereocenters. The topological polar surface area (TPSA) is 59.4 Å². The molecule has 1 N–H and O–H groups in total. The van der Waals surface area contributed by atoms with Crippen LogP contribution in [-0.4, -0.2) is 53.4 Å². The third-order valence-corrected chi connectivity index (χ3v) is 6.54. The molecule has 0 bridgehead atoms. The summed E-state index contributed by atoms with van der Waals surface area (Å²) in [7, 11) is 1.92. The van der Waals surface area contributed by atoms with Gasteiger partial charge in [-0.15, -0.1) is 11.3 Å². The maximum Gasteiger partial charge on any atom is 0.227 e. The Kier molecular flexibility index (Phi) is 6.34. The quantitative estimate of drug-likeness (QED) is 0.824. The van der Waals surface area contributed by atoms with E-state index in [0.29, 0.717) is 6.54 Å². The van der Waals surface area contributed by atoms with Crippen molar-refractivity contribution in [1.82, 2.24) is 20.0 Å². The molecule has 7 heteroatoms. The minimum atomic E-state index is -0.214. The summed E-state index contributed by atoms with van der Waals surface area (Å²) in [6.45, 7) is 12.0. The van der Waals surface area contributed by atoms with Gasteiger partial charge in [-0.1, -0.05) is 0 Å². The van der Waals surface area contributed by atoms with Crippen LogP contribution in [0.4, 0.5) is 0 Å². The Balaban J connectivity index is 1.71. The normalized spacial score (nSPS) is 17.7. The van der Waals surface area contributed by atoms with Gasteiger partial charge in [0.25, 0.3) is 0 Å². The number of aromatic nitrogens is 2. The molecular formula is C20H30N4O2S. The molecule has 0 aromatic carbocycles. The first-order valence-electron chi connectivity index (χ1n) is 9.54. The van der Waals surface area contributed by atoms with Gasteiger partial charge in [-0.05, 0) is 39.8 Å². The van der Waals surface area contributed by atoms with E-state index in [0.717, 1.165) is 43.3 Å². The van der Waals surface area contributed by atoms with Crippen LogP contribution in [0.25, 0.3) is 0 Å². The van der Waals surface area contributed by atoms with E-state index in [-0.39, 0.29) is 17.9 Å². The fourth-order valence-electron chi connectivity index (χ4n) is 3.83. The predicted octanol–water partition coefficient (Wildman–Crippen LogP) is 2.70. The molecule has 1 saturated heterocycles. The van der Waals surface area contributed by atoms with Gasteiger partial charge in [-0.2, -0.15) is 5.10 Å². The molecule has 2 aromatic rings. The van der Waals surface area contributed by atoms with Crippen molar-refractivity contribution in [2.75, 3.05) is 32.8 Å². The Labute approximate surface area is 165 Å². The summed E-state index contributed by atoms with van der Waals surface area (Å²) in [6, 6.07) is 4.53. The number of hydrogen-bond donors (Lipinski definition) is 1. The monoisotopic (exact) mass is 390 g/mol. The van der Waals surface area contributed by atoms with Crippen LogP contribution in [0.2, 0.25) is 0 Å². The summed E-state index contributed by atoms with van der Waals surface area (Å²) in [5.41, 5.74) is 3.01. The summed E-state index contributed by atoms with van der Waals surface area (Å²) in [6.07, 6.45) is 0. The molecule has 0 aliphatic carbocycles. The first-order chi connectivity index (χ1) is 12.9. The van der Waals surface area contributed by atoms with Gasteiger partial charge in [0.15, 0.2) is 0 Å². The average molecular weight is 391 g/mol. The van der Waals surface area contributed by atoms with Gasteiger partial charge in [0.1, 0.15) is 0 Å². The van der Waals surface area contributed by atoms with Gasteiger partial charge in [-0.25, -0.2) is 0 Å². The Morgan fingerprint density at radius 1 is 1.30 bits per heavy atom. The van der Waals surface area contributed by atoms with Crippen LogP contribution < -0.4 is 5.32 Å². The molecule has 1 fully saturated rings. The molecule has 148 valence electrons. The number of thiophene rings is 1. The average Bonchev–Trinajstić information content (AvgIpc) is 3.18. The van der Waals surface area contributed by atoms with Gasteiger partial charge in [-0.3, -0.25) is 14.4 Å². The highest BCUT2D eigenvalue weighted by atomic mass is 32.1. The Morgan fingerprint density at radius 2 is 2.00 bits per heavy atom. The Morgan fingerprint density at radius 3 is 2.56 bits per heavy atom. The molecule has 0 radical (unpaired) electrons. The number of aryl methyl sites for hydroxylation is 3. The lowest BCUT2D eigenvalue weighted by molar-refractivity contribution is -0.122. The minimum absolute atomic E-state index is 0.0562. The van der Waals surface area contributed by atoms with E-state index in [1.165, 1.54) is 9.75 Å². The molecule has 1 aliphatic rings. The van der Waals surface area contributed by atoms with Gasteiger partial charge in [0.2, 0.25) is 5.91 Å². The van der Waals surface area contributed by atoms with Crippen LogP contribution in [0.3, 0.4) is 0 Å². The zero-order valence-electron chi connectivity index (χ0n) is 16.9. The molecule has 2 aromatic heterocycles. The maximum atomic E-state index is 12.9. The van der Waals surface area contributed by atoms with Gasteiger partial charge >= 0.3 is 0 Å². The SMILES string of the molecule is Cc1ccc(C(CNC(=O)C(C)c2c(C)nn(C)c2C)N2CCOCC2)s1. The summed E-state index contributed by atoms with van der Waals surface area (Å²) in [5.74, 6) is -0.158. The van der Waals surface area contributed by atoms with Crippen LogP contribution in [-0.2, 0) is 16.6 Å². The molecule has 6 nitrogen and oxygen atoms in total. The number of hydrogen-bond acceptors (Lipinski definition) is 5. The van der Waals surface area contributed by atoms with Crippen molar-refractivity contribution in [3.63, 3.8) is 0 Å². The van der Waals surface area contributed by atoms with E-state index in [9.17, 15) is 4.79 Å². The van der Waals surface area contributed by atoms with Crippen LogP contribution >= 0.6 is 11.3 Å². The van der Waals surface area contributed by atoms with E-state index >= 15 is 0 Å². The molecule has 2 atom stereocenters. The van der Waals surface area contributed by atoms with Crippen LogP contribution in [0.15, 0.2) is 12.1 Å². The van der Waals surface area contributed by atoms with E-state index in [2.05, 4.69) is 34.4 Å². The molecule has 3 heterocycles. The molecule has 1 amide bonds. The highest BCUT2D eigenvalue weighted by molar-refractivity contribution is 7.12. The fraction of sp³-hybridized carbons (Fsp3) is 0.600. The molecule has 3 rings (SSSR count). The second kappa shape index (κ2) is 8.54. The lowest BCUT2D eigenvalue weighted by Crippen LogP contribution is -2.44. The van der Waals surface area contributed by atoms with Crippen molar-refractivity contribution in [2.24, 2.45) is 7.05 Å². The van der Waals surface area contributed by atoms with Crippen molar-refractivity contribution >= 4 is 17.2 Å². The van der Waals surface area contributed by atoms with E-state index in [4.69, 9.17) is 4.74 Å². The highest BCUT2D eigenvalue weighted by Crippen LogP contribution is 2.28. The van der Waals surface area contributed by atoms with Crippen molar-refractivity contribution in [2.45, 2.75) is 39.7 Å². The minimum Gasteiger partial charge on any atom is -0.379 e. The molecule has 27 heavy (non-hydrogen) atoms. The Hall–Kier alpha value is -1.70. The molecule has 0 saturated carbocycles. The smallest absolute Gasteiger partial charge is 0.227 e. The number of morpholine rings is 1.